The lowest BCUT2D eigenvalue weighted by Gasteiger charge is -2.51. The zero-order valence-corrected chi connectivity index (χ0v) is 13.0. The maximum atomic E-state index is 12.2. The molecule has 1 spiro atoms. The summed E-state index contributed by atoms with van der Waals surface area (Å²) in [7, 11) is 0. The fourth-order valence-electron chi connectivity index (χ4n) is 3.76. The predicted molar refractivity (Wildman–Crippen MR) is 76.0 cm³/mol. The van der Waals surface area contributed by atoms with Crippen LogP contribution in [0.3, 0.4) is 0 Å². The standard InChI is InChI=1S/C15H27F3N2O/c1-12(2)13-10-19-14(6-4-3-5-7-14)11-20(13)8-9-21-15(16,17)18/h12-13,19H,3-11H2,1-2H3. The molecule has 0 bridgehead atoms. The second-order valence-corrected chi connectivity index (χ2v) is 6.80. The van der Waals surface area contributed by atoms with Gasteiger partial charge < -0.3 is 5.32 Å². The number of ether oxygens (including phenoxy) is 1. The van der Waals surface area contributed by atoms with Crippen LogP contribution in [0.2, 0.25) is 0 Å². The summed E-state index contributed by atoms with van der Waals surface area (Å²) < 4.78 is 40.5. The van der Waals surface area contributed by atoms with E-state index in [-0.39, 0.29) is 18.2 Å². The van der Waals surface area contributed by atoms with E-state index in [2.05, 4.69) is 28.8 Å². The summed E-state index contributed by atoms with van der Waals surface area (Å²) in [5.74, 6) is 0.421. The summed E-state index contributed by atoms with van der Waals surface area (Å²) in [5.41, 5.74) is 0.113. The largest absolute Gasteiger partial charge is 0.522 e. The van der Waals surface area contributed by atoms with E-state index in [9.17, 15) is 13.2 Å². The van der Waals surface area contributed by atoms with Crippen molar-refractivity contribution in [1.29, 1.82) is 0 Å². The van der Waals surface area contributed by atoms with Gasteiger partial charge in [0.1, 0.15) is 0 Å². The zero-order valence-electron chi connectivity index (χ0n) is 13.0. The first-order valence-corrected chi connectivity index (χ1v) is 8.01. The van der Waals surface area contributed by atoms with Crippen molar-refractivity contribution in [2.24, 2.45) is 5.92 Å². The summed E-state index contributed by atoms with van der Waals surface area (Å²) in [5, 5.41) is 3.70. The topological polar surface area (TPSA) is 24.5 Å². The van der Waals surface area contributed by atoms with Crippen LogP contribution in [0, 0.1) is 5.92 Å². The van der Waals surface area contributed by atoms with E-state index in [1.165, 1.54) is 19.3 Å². The van der Waals surface area contributed by atoms with Gasteiger partial charge in [-0.15, -0.1) is 13.2 Å². The molecule has 0 amide bonds. The van der Waals surface area contributed by atoms with Gasteiger partial charge in [0.25, 0.3) is 0 Å². The molecular weight excluding hydrogens is 281 g/mol. The number of halogens is 3. The van der Waals surface area contributed by atoms with Crippen molar-refractivity contribution in [3.05, 3.63) is 0 Å². The van der Waals surface area contributed by atoms with Gasteiger partial charge in [-0.2, -0.15) is 0 Å². The third-order valence-electron chi connectivity index (χ3n) is 4.89. The maximum absolute atomic E-state index is 12.2. The van der Waals surface area contributed by atoms with Gasteiger partial charge in [-0.1, -0.05) is 33.1 Å². The van der Waals surface area contributed by atoms with Crippen molar-refractivity contribution in [3.63, 3.8) is 0 Å². The van der Waals surface area contributed by atoms with E-state index < -0.39 is 6.36 Å². The SMILES string of the molecule is CC(C)C1CNC2(CCCCC2)CN1CCOC(F)(F)F. The smallest absolute Gasteiger partial charge is 0.308 e. The molecule has 6 heteroatoms. The number of nitrogens with one attached hydrogen (secondary N) is 1. The lowest BCUT2D eigenvalue weighted by Crippen LogP contribution is -2.66. The minimum atomic E-state index is -4.52. The van der Waals surface area contributed by atoms with Crippen molar-refractivity contribution in [1.82, 2.24) is 10.2 Å². The fraction of sp³-hybridized carbons (Fsp3) is 1.00. The van der Waals surface area contributed by atoms with Gasteiger partial charge in [0.2, 0.25) is 0 Å². The van der Waals surface area contributed by atoms with Crippen LogP contribution in [0.1, 0.15) is 46.0 Å². The second kappa shape index (κ2) is 6.84. The summed E-state index contributed by atoms with van der Waals surface area (Å²) in [6, 6.07) is 0.286. The van der Waals surface area contributed by atoms with Crippen LogP contribution in [0.5, 0.6) is 0 Å². The van der Waals surface area contributed by atoms with E-state index in [0.717, 1.165) is 25.9 Å². The van der Waals surface area contributed by atoms with Crippen LogP contribution >= 0.6 is 0 Å². The molecule has 2 rings (SSSR count). The van der Waals surface area contributed by atoms with E-state index in [1.54, 1.807) is 0 Å². The van der Waals surface area contributed by atoms with Gasteiger partial charge in [-0.05, 0) is 18.8 Å². The van der Waals surface area contributed by atoms with Gasteiger partial charge in [-0.25, -0.2) is 0 Å². The Bertz CT molecular complexity index is 327. The normalized spacial score (nSPS) is 27.4. The summed E-state index contributed by atoms with van der Waals surface area (Å²) in [4.78, 5) is 2.21. The van der Waals surface area contributed by atoms with Crippen LogP contribution in [-0.4, -0.2) is 49.1 Å². The molecule has 1 saturated carbocycles. The molecule has 3 nitrogen and oxygen atoms in total. The summed E-state index contributed by atoms with van der Waals surface area (Å²) >= 11 is 0. The van der Waals surface area contributed by atoms with Crippen molar-refractivity contribution in [2.75, 3.05) is 26.2 Å². The quantitative estimate of drug-likeness (QED) is 0.863. The Morgan fingerprint density at radius 1 is 1.24 bits per heavy atom. The zero-order chi connectivity index (χ0) is 15.5. The first kappa shape index (κ1) is 17.0. The number of piperazine rings is 1. The Kier molecular flexibility index (Phi) is 5.54. The molecule has 0 aromatic carbocycles. The Labute approximate surface area is 125 Å². The van der Waals surface area contributed by atoms with Gasteiger partial charge in [-0.3, -0.25) is 9.64 Å². The molecular formula is C15H27F3N2O. The highest BCUT2D eigenvalue weighted by molar-refractivity contribution is 5.00. The average molecular weight is 308 g/mol. The molecule has 0 aromatic heterocycles. The lowest BCUT2D eigenvalue weighted by molar-refractivity contribution is -0.325. The number of alkyl halides is 3. The van der Waals surface area contributed by atoms with Crippen LogP contribution in [-0.2, 0) is 4.74 Å². The lowest BCUT2D eigenvalue weighted by atomic mass is 9.78. The van der Waals surface area contributed by atoms with Gasteiger partial charge in [0, 0.05) is 31.2 Å². The molecule has 1 aliphatic heterocycles. The van der Waals surface area contributed by atoms with Crippen molar-refractivity contribution < 1.29 is 17.9 Å². The van der Waals surface area contributed by atoms with Crippen molar-refractivity contribution in [3.8, 4) is 0 Å². The predicted octanol–water partition coefficient (Wildman–Crippen LogP) is 3.16. The van der Waals surface area contributed by atoms with E-state index in [1.807, 2.05) is 0 Å². The molecule has 0 radical (unpaired) electrons. The van der Waals surface area contributed by atoms with Crippen LogP contribution < -0.4 is 5.32 Å². The van der Waals surface area contributed by atoms with Crippen LogP contribution in [0.25, 0.3) is 0 Å². The Hall–Kier alpha value is -0.330. The van der Waals surface area contributed by atoms with Crippen molar-refractivity contribution in [2.45, 2.75) is 63.9 Å². The van der Waals surface area contributed by atoms with Gasteiger partial charge in [0.15, 0.2) is 0 Å². The molecule has 1 saturated heterocycles. The molecule has 1 N–H and O–H groups in total. The third-order valence-corrected chi connectivity index (χ3v) is 4.89. The highest BCUT2D eigenvalue weighted by atomic mass is 19.4. The Morgan fingerprint density at radius 2 is 1.90 bits per heavy atom. The molecule has 1 unspecified atom stereocenters. The minimum absolute atomic E-state index is 0.113. The van der Waals surface area contributed by atoms with E-state index in [0.29, 0.717) is 12.5 Å². The number of nitrogens with zero attached hydrogens (tertiary/aromatic N) is 1. The number of hydrogen-bond acceptors (Lipinski definition) is 3. The Balaban J connectivity index is 1.94. The van der Waals surface area contributed by atoms with Gasteiger partial charge in [0.05, 0.1) is 6.61 Å². The molecule has 2 aliphatic rings. The first-order chi connectivity index (χ1) is 9.81. The summed E-state index contributed by atoms with van der Waals surface area (Å²) in [6.45, 7) is 6.04. The van der Waals surface area contributed by atoms with Crippen LogP contribution in [0.15, 0.2) is 0 Å². The molecule has 124 valence electrons. The average Bonchev–Trinajstić information content (AvgIpc) is 2.38. The minimum Gasteiger partial charge on any atom is -0.308 e. The first-order valence-electron chi connectivity index (χ1n) is 8.01. The number of hydrogen-bond donors (Lipinski definition) is 1. The molecule has 1 aliphatic carbocycles. The van der Waals surface area contributed by atoms with Gasteiger partial charge >= 0.3 is 6.36 Å². The van der Waals surface area contributed by atoms with E-state index in [4.69, 9.17) is 0 Å². The molecule has 0 aromatic rings. The number of rotatable bonds is 4. The highest BCUT2D eigenvalue weighted by Crippen LogP contribution is 2.33. The monoisotopic (exact) mass is 308 g/mol. The third kappa shape index (κ3) is 4.83. The molecule has 1 heterocycles. The fourth-order valence-corrected chi connectivity index (χ4v) is 3.76. The Morgan fingerprint density at radius 3 is 2.48 bits per heavy atom. The highest BCUT2D eigenvalue weighted by Gasteiger charge is 2.40. The van der Waals surface area contributed by atoms with Crippen LogP contribution in [0.4, 0.5) is 13.2 Å². The van der Waals surface area contributed by atoms with Crippen molar-refractivity contribution >= 4 is 0 Å². The maximum Gasteiger partial charge on any atom is 0.522 e. The van der Waals surface area contributed by atoms with E-state index >= 15 is 0 Å². The second-order valence-electron chi connectivity index (χ2n) is 6.80. The molecule has 2 fully saturated rings. The molecule has 1 atom stereocenters. The summed E-state index contributed by atoms with van der Waals surface area (Å²) in [6.07, 6.45) is 1.44. The molecule has 21 heavy (non-hydrogen) atoms.